The summed E-state index contributed by atoms with van der Waals surface area (Å²) < 4.78 is 39.2. The van der Waals surface area contributed by atoms with Gasteiger partial charge in [0.25, 0.3) is 0 Å². The number of sulfonamides is 1. The molecule has 1 aromatic rings. The highest BCUT2D eigenvalue weighted by Gasteiger charge is 2.27. The van der Waals surface area contributed by atoms with Crippen molar-refractivity contribution >= 4 is 31.6 Å². The Bertz CT molecular complexity index is 548. The van der Waals surface area contributed by atoms with E-state index < -0.39 is 15.8 Å². The molecule has 0 aliphatic rings. The standard InChI is InChI=1S/C11H16BrFN2O2S/c1-4-7(2)15(3)18(16,17)11-5-8(12)9(13)6-10(11)14/h5-7H,4,14H2,1-3H3. The number of anilines is 1. The van der Waals surface area contributed by atoms with Crippen LogP contribution in [-0.4, -0.2) is 25.8 Å². The Balaban J connectivity index is 3.33. The molecule has 0 amide bonds. The average molecular weight is 339 g/mol. The third-order valence-electron chi connectivity index (χ3n) is 2.92. The van der Waals surface area contributed by atoms with E-state index >= 15 is 0 Å². The van der Waals surface area contributed by atoms with Crippen LogP contribution in [0.15, 0.2) is 21.5 Å². The smallest absolute Gasteiger partial charge is 0.245 e. The number of benzene rings is 1. The molecular formula is C11H16BrFN2O2S. The summed E-state index contributed by atoms with van der Waals surface area (Å²) in [5.41, 5.74) is 5.50. The van der Waals surface area contributed by atoms with Crippen molar-refractivity contribution in [1.82, 2.24) is 4.31 Å². The van der Waals surface area contributed by atoms with Crippen LogP contribution in [-0.2, 0) is 10.0 Å². The molecule has 0 aliphatic heterocycles. The van der Waals surface area contributed by atoms with Gasteiger partial charge in [-0.05, 0) is 41.4 Å². The van der Waals surface area contributed by atoms with Crippen molar-refractivity contribution in [1.29, 1.82) is 0 Å². The van der Waals surface area contributed by atoms with Crippen LogP contribution >= 0.6 is 15.9 Å². The lowest BCUT2D eigenvalue weighted by molar-refractivity contribution is 0.381. The van der Waals surface area contributed by atoms with E-state index in [2.05, 4.69) is 15.9 Å². The number of rotatable bonds is 4. The Hall–Kier alpha value is -0.660. The Morgan fingerprint density at radius 3 is 2.56 bits per heavy atom. The normalized spacial score (nSPS) is 13.9. The van der Waals surface area contributed by atoms with Gasteiger partial charge in [-0.15, -0.1) is 0 Å². The van der Waals surface area contributed by atoms with Crippen molar-refractivity contribution in [3.05, 3.63) is 22.4 Å². The largest absolute Gasteiger partial charge is 0.398 e. The molecule has 0 aliphatic carbocycles. The zero-order valence-electron chi connectivity index (χ0n) is 10.4. The number of hydrogen-bond donors (Lipinski definition) is 1. The predicted molar refractivity (Wildman–Crippen MR) is 73.2 cm³/mol. The lowest BCUT2D eigenvalue weighted by Gasteiger charge is -2.24. The SMILES string of the molecule is CCC(C)N(C)S(=O)(=O)c1cc(Br)c(F)cc1N. The maximum Gasteiger partial charge on any atom is 0.245 e. The van der Waals surface area contributed by atoms with E-state index in [0.29, 0.717) is 6.42 Å². The second-order valence-corrected chi connectivity index (χ2v) is 6.90. The molecule has 2 N–H and O–H groups in total. The van der Waals surface area contributed by atoms with Crippen LogP contribution in [0.25, 0.3) is 0 Å². The molecule has 1 rings (SSSR count). The van der Waals surface area contributed by atoms with E-state index in [0.717, 1.165) is 6.07 Å². The molecule has 4 nitrogen and oxygen atoms in total. The Morgan fingerprint density at radius 1 is 1.50 bits per heavy atom. The number of hydrogen-bond acceptors (Lipinski definition) is 3. The average Bonchev–Trinajstić information content (AvgIpc) is 2.31. The van der Waals surface area contributed by atoms with Gasteiger partial charge in [0, 0.05) is 13.1 Å². The van der Waals surface area contributed by atoms with Gasteiger partial charge in [-0.25, -0.2) is 12.8 Å². The van der Waals surface area contributed by atoms with E-state index in [4.69, 9.17) is 5.73 Å². The maximum atomic E-state index is 13.2. The lowest BCUT2D eigenvalue weighted by atomic mass is 10.3. The number of nitrogens with zero attached hydrogens (tertiary/aromatic N) is 1. The highest BCUT2D eigenvalue weighted by atomic mass is 79.9. The zero-order chi connectivity index (χ0) is 14.1. The topological polar surface area (TPSA) is 63.4 Å². The van der Waals surface area contributed by atoms with Crippen LogP contribution in [0.4, 0.5) is 10.1 Å². The summed E-state index contributed by atoms with van der Waals surface area (Å²) in [5, 5.41) is 0. The first-order chi connectivity index (χ1) is 8.21. The van der Waals surface area contributed by atoms with Crippen LogP contribution in [0.5, 0.6) is 0 Å². The molecule has 1 aromatic carbocycles. The molecule has 0 saturated carbocycles. The lowest BCUT2D eigenvalue weighted by Crippen LogP contribution is -2.35. The van der Waals surface area contributed by atoms with E-state index in [1.165, 1.54) is 17.4 Å². The fourth-order valence-electron chi connectivity index (χ4n) is 1.42. The van der Waals surface area contributed by atoms with Gasteiger partial charge >= 0.3 is 0 Å². The third kappa shape index (κ3) is 2.84. The minimum Gasteiger partial charge on any atom is -0.398 e. The molecule has 0 heterocycles. The first-order valence-corrected chi connectivity index (χ1v) is 7.67. The van der Waals surface area contributed by atoms with Crippen LogP contribution in [0.3, 0.4) is 0 Å². The van der Waals surface area contributed by atoms with Gasteiger partial charge in [-0.1, -0.05) is 6.92 Å². The number of nitrogen functional groups attached to an aromatic ring is 1. The van der Waals surface area contributed by atoms with Crippen LogP contribution in [0.2, 0.25) is 0 Å². The number of halogens is 2. The molecule has 0 aromatic heterocycles. The molecular weight excluding hydrogens is 323 g/mol. The molecule has 0 fully saturated rings. The van der Waals surface area contributed by atoms with Gasteiger partial charge in [0.15, 0.2) is 0 Å². The van der Waals surface area contributed by atoms with Gasteiger partial charge in [0.2, 0.25) is 10.0 Å². The van der Waals surface area contributed by atoms with E-state index in [9.17, 15) is 12.8 Å². The predicted octanol–water partition coefficient (Wildman–Crippen LogP) is 2.59. The van der Waals surface area contributed by atoms with Gasteiger partial charge in [0.1, 0.15) is 10.7 Å². The van der Waals surface area contributed by atoms with Crippen LogP contribution in [0, 0.1) is 5.82 Å². The number of nitrogens with two attached hydrogens (primary N) is 1. The van der Waals surface area contributed by atoms with Crippen molar-refractivity contribution < 1.29 is 12.8 Å². The van der Waals surface area contributed by atoms with Crippen molar-refractivity contribution in [3.8, 4) is 0 Å². The zero-order valence-corrected chi connectivity index (χ0v) is 12.8. The van der Waals surface area contributed by atoms with Gasteiger partial charge in [-0.3, -0.25) is 0 Å². The minimum atomic E-state index is -3.71. The molecule has 102 valence electrons. The Morgan fingerprint density at radius 2 is 2.06 bits per heavy atom. The molecule has 0 saturated heterocycles. The summed E-state index contributed by atoms with van der Waals surface area (Å²) in [5.74, 6) is -0.586. The van der Waals surface area contributed by atoms with Crippen LogP contribution in [0.1, 0.15) is 20.3 Å². The molecule has 18 heavy (non-hydrogen) atoms. The molecule has 0 radical (unpaired) electrons. The summed E-state index contributed by atoms with van der Waals surface area (Å²) in [6, 6.07) is 2.04. The van der Waals surface area contributed by atoms with Crippen molar-refractivity contribution in [2.45, 2.75) is 31.2 Å². The van der Waals surface area contributed by atoms with Crippen molar-refractivity contribution in [2.75, 3.05) is 12.8 Å². The summed E-state index contributed by atoms with van der Waals surface area (Å²) in [6.07, 6.45) is 0.679. The van der Waals surface area contributed by atoms with E-state index in [-0.39, 0.29) is 21.1 Å². The van der Waals surface area contributed by atoms with E-state index in [1.807, 2.05) is 6.92 Å². The Kier molecular flexibility index (Phi) is 4.74. The molecule has 0 bridgehead atoms. The molecule has 1 atom stereocenters. The third-order valence-corrected chi connectivity index (χ3v) is 5.56. The van der Waals surface area contributed by atoms with Crippen molar-refractivity contribution in [2.24, 2.45) is 0 Å². The maximum absolute atomic E-state index is 13.2. The monoisotopic (exact) mass is 338 g/mol. The summed E-state index contributed by atoms with van der Waals surface area (Å²) >= 11 is 2.96. The van der Waals surface area contributed by atoms with E-state index in [1.54, 1.807) is 6.92 Å². The summed E-state index contributed by atoms with van der Waals surface area (Å²) in [4.78, 5) is -0.0847. The van der Waals surface area contributed by atoms with Gasteiger partial charge in [0.05, 0.1) is 10.2 Å². The minimum absolute atomic E-state index is 0.0767. The highest BCUT2D eigenvalue weighted by molar-refractivity contribution is 9.10. The fourth-order valence-corrected chi connectivity index (χ4v) is 3.47. The molecule has 1 unspecified atom stereocenters. The van der Waals surface area contributed by atoms with Gasteiger partial charge < -0.3 is 5.73 Å². The van der Waals surface area contributed by atoms with Crippen LogP contribution < -0.4 is 5.73 Å². The molecule has 7 heteroatoms. The fraction of sp³-hybridized carbons (Fsp3) is 0.455. The first-order valence-electron chi connectivity index (χ1n) is 5.44. The highest BCUT2D eigenvalue weighted by Crippen LogP contribution is 2.28. The summed E-state index contributed by atoms with van der Waals surface area (Å²) in [6.45, 7) is 3.69. The van der Waals surface area contributed by atoms with Crippen molar-refractivity contribution in [3.63, 3.8) is 0 Å². The second-order valence-electron chi connectivity index (χ2n) is 4.08. The summed E-state index contributed by atoms with van der Waals surface area (Å²) in [7, 11) is -2.22. The quantitative estimate of drug-likeness (QED) is 0.858. The van der Waals surface area contributed by atoms with Gasteiger partial charge in [-0.2, -0.15) is 4.31 Å². The first kappa shape index (κ1) is 15.4. The second kappa shape index (κ2) is 5.54. The Labute approximate surface area is 115 Å². The molecule has 0 spiro atoms.